The number of carbonyl (C=O) groups excluding carboxylic acids is 1. The molecule has 2 N–H and O–H groups in total. The molecule has 1 aromatic rings. The maximum absolute atomic E-state index is 11.2. The van der Waals surface area contributed by atoms with E-state index in [1.54, 1.807) is 11.3 Å². The number of aliphatic hydroxyl groups is 2. The Balaban J connectivity index is 1.55. The second-order valence-electron chi connectivity index (χ2n) is 9.12. The van der Waals surface area contributed by atoms with E-state index < -0.39 is 12.2 Å². The molecular weight excluding hydrogens is 422 g/mol. The van der Waals surface area contributed by atoms with E-state index in [0.717, 1.165) is 38.5 Å². The van der Waals surface area contributed by atoms with Gasteiger partial charge in [-0.15, -0.1) is 11.3 Å². The zero-order valence-electron chi connectivity index (χ0n) is 18.9. The van der Waals surface area contributed by atoms with Gasteiger partial charge in [-0.1, -0.05) is 36.8 Å². The number of nitrogens with zero attached hydrogens (tertiary/aromatic N) is 1. The molecule has 0 amide bonds. The van der Waals surface area contributed by atoms with E-state index in [2.05, 4.69) is 28.3 Å². The minimum Gasteiger partial charge on any atom is -0.469 e. The van der Waals surface area contributed by atoms with Crippen LogP contribution in [-0.2, 0) is 14.9 Å². The molecule has 0 radical (unpaired) electrons. The number of hydrogen-bond acceptors (Lipinski definition) is 6. The van der Waals surface area contributed by atoms with Crippen LogP contribution >= 0.6 is 11.3 Å². The summed E-state index contributed by atoms with van der Waals surface area (Å²) < 4.78 is 4.65. The Morgan fingerprint density at radius 3 is 2.84 bits per heavy atom. The Labute approximate surface area is 195 Å². The summed E-state index contributed by atoms with van der Waals surface area (Å²) in [5.41, 5.74) is -0.117. The molecule has 0 bridgehead atoms. The summed E-state index contributed by atoms with van der Waals surface area (Å²) in [7, 11) is 1.40. The fraction of sp³-hybridized carbons (Fsp3) is 0.615. The number of esters is 1. The molecule has 174 valence electrons. The van der Waals surface area contributed by atoms with Gasteiger partial charge in [0.25, 0.3) is 0 Å². The van der Waals surface area contributed by atoms with Crippen LogP contribution in [0.15, 0.2) is 41.8 Å². The van der Waals surface area contributed by atoms with E-state index >= 15 is 0 Å². The Morgan fingerprint density at radius 1 is 1.41 bits per heavy atom. The number of nitriles is 1. The molecule has 0 spiro atoms. The summed E-state index contributed by atoms with van der Waals surface area (Å²) >= 11 is 1.72. The highest BCUT2D eigenvalue weighted by molar-refractivity contribution is 7.10. The molecular formula is C26H35NO4S. The molecule has 5 atom stereocenters. The first-order valence-electron chi connectivity index (χ1n) is 11.7. The zero-order valence-corrected chi connectivity index (χ0v) is 19.7. The molecule has 3 rings (SSSR count). The minimum atomic E-state index is -0.527. The maximum Gasteiger partial charge on any atom is 0.305 e. The standard InChI is InChI=1S/C26H35NO4S/c1-31-25(30)13-5-3-2-4-9-20-19(18-27)17-22(28)21(20)10-6-11-23(29)26(14-8-15-26)24-12-7-16-32-24/h2,4,6-7,10,12,16,19-23,28-29H,3,5,8-9,11,13-15,17H2,1H3/b4-2-,10-6+/t19-,20-,21+,22+,23?/m0/s1. The van der Waals surface area contributed by atoms with Crippen LogP contribution in [0.1, 0.15) is 62.7 Å². The minimum absolute atomic E-state index is 0.0650. The van der Waals surface area contributed by atoms with Gasteiger partial charge in [0.1, 0.15) is 0 Å². The molecule has 32 heavy (non-hydrogen) atoms. The van der Waals surface area contributed by atoms with Crippen molar-refractivity contribution in [2.45, 2.75) is 75.4 Å². The fourth-order valence-corrected chi connectivity index (χ4v) is 6.21. The average Bonchev–Trinajstić information content (AvgIpc) is 3.38. The Bertz CT molecular complexity index is 821. The van der Waals surface area contributed by atoms with Gasteiger partial charge >= 0.3 is 5.97 Å². The maximum atomic E-state index is 11.2. The van der Waals surface area contributed by atoms with Crippen molar-refractivity contribution in [1.82, 2.24) is 0 Å². The van der Waals surface area contributed by atoms with Crippen LogP contribution in [0.4, 0.5) is 0 Å². The fourth-order valence-electron chi connectivity index (χ4n) is 5.18. The molecule has 0 saturated heterocycles. The van der Waals surface area contributed by atoms with Crippen molar-refractivity contribution in [1.29, 1.82) is 5.26 Å². The predicted octanol–water partition coefficient (Wildman–Crippen LogP) is 4.90. The summed E-state index contributed by atoms with van der Waals surface area (Å²) in [5, 5.41) is 33.2. The van der Waals surface area contributed by atoms with Crippen molar-refractivity contribution >= 4 is 17.3 Å². The SMILES string of the molecule is COC(=O)CCC/C=C\C[C@@H]1[C@@H](/C=C/CC(O)C2(c3cccs3)CCC2)[C@H](O)C[C@H]1C#N. The van der Waals surface area contributed by atoms with E-state index in [1.807, 2.05) is 24.3 Å². The van der Waals surface area contributed by atoms with Crippen LogP contribution in [0.2, 0.25) is 0 Å². The number of rotatable bonds is 11. The second kappa shape index (κ2) is 11.8. The van der Waals surface area contributed by atoms with Gasteiger partial charge in [-0.2, -0.15) is 5.26 Å². The van der Waals surface area contributed by atoms with E-state index in [0.29, 0.717) is 19.3 Å². The quantitative estimate of drug-likeness (QED) is 0.280. The lowest BCUT2D eigenvalue weighted by atomic mass is 9.63. The van der Waals surface area contributed by atoms with Crippen molar-refractivity contribution in [3.63, 3.8) is 0 Å². The molecule has 0 aliphatic heterocycles. The molecule has 0 aromatic carbocycles. The van der Waals surface area contributed by atoms with Crippen molar-refractivity contribution in [3.05, 3.63) is 46.7 Å². The lowest BCUT2D eigenvalue weighted by Crippen LogP contribution is -2.44. The molecule has 5 nitrogen and oxygen atoms in total. The Morgan fingerprint density at radius 2 is 2.22 bits per heavy atom. The third-order valence-corrected chi connectivity index (χ3v) is 8.37. The normalized spacial score (nSPS) is 27.9. The number of carbonyl (C=O) groups is 1. The lowest BCUT2D eigenvalue weighted by molar-refractivity contribution is -0.140. The molecule has 2 fully saturated rings. The third kappa shape index (κ3) is 5.70. The number of allylic oxidation sites excluding steroid dienone is 2. The van der Waals surface area contributed by atoms with Gasteiger partial charge in [0.05, 0.1) is 31.3 Å². The lowest BCUT2D eigenvalue weighted by Gasteiger charge is -2.45. The smallest absolute Gasteiger partial charge is 0.305 e. The highest BCUT2D eigenvalue weighted by Gasteiger charge is 2.45. The highest BCUT2D eigenvalue weighted by atomic mass is 32.1. The summed E-state index contributed by atoms with van der Waals surface area (Å²) in [5.74, 6) is -0.383. The van der Waals surface area contributed by atoms with E-state index in [-0.39, 0.29) is 29.1 Å². The molecule has 1 heterocycles. The number of ether oxygens (including phenoxy) is 1. The highest BCUT2D eigenvalue weighted by Crippen LogP contribution is 2.49. The van der Waals surface area contributed by atoms with Gasteiger partial charge in [0, 0.05) is 22.6 Å². The van der Waals surface area contributed by atoms with Crippen LogP contribution in [0.3, 0.4) is 0 Å². The van der Waals surface area contributed by atoms with Crippen LogP contribution in [0, 0.1) is 29.1 Å². The number of unbranched alkanes of at least 4 members (excludes halogenated alkanes) is 1. The van der Waals surface area contributed by atoms with Crippen molar-refractivity contribution in [2.75, 3.05) is 7.11 Å². The summed E-state index contributed by atoms with van der Waals surface area (Å²) in [6.07, 6.45) is 14.1. The van der Waals surface area contributed by atoms with Gasteiger partial charge in [0.2, 0.25) is 0 Å². The number of thiophene rings is 1. The average molecular weight is 458 g/mol. The van der Waals surface area contributed by atoms with Crippen LogP contribution < -0.4 is 0 Å². The zero-order chi connectivity index (χ0) is 23.0. The van der Waals surface area contributed by atoms with E-state index in [9.17, 15) is 20.3 Å². The van der Waals surface area contributed by atoms with Crippen molar-refractivity contribution in [2.24, 2.45) is 17.8 Å². The molecule has 2 aliphatic carbocycles. The Hall–Kier alpha value is -1.94. The number of hydrogen-bond donors (Lipinski definition) is 2. The van der Waals surface area contributed by atoms with E-state index in [1.165, 1.54) is 12.0 Å². The Kier molecular flexibility index (Phi) is 9.10. The van der Waals surface area contributed by atoms with Crippen molar-refractivity contribution < 1.29 is 19.7 Å². The van der Waals surface area contributed by atoms with Gasteiger partial charge in [-0.25, -0.2) is 0 Å². The topological polar surface area (TPSA) is 90.6 Å². The van der Waals surface area contributed by atoms with E-state index in [4.69, 9.17) is 0 Å². The van der Waals surface area contributed by atoms with Crippen LogP contribution in [0.25, 0.3) is 0 Å². The van der Waals surface area contributed by atoms with Gasteiger partial charge in [0.15, 0.2) is 0 Å². The summed E-state index contributed by atoms with van der Waals surface area (Å²) in [4.78, 5) is 12.4. The van der Waals surface area contributed by atoms with Gasteiger partial charge < -0.3 is 14.9 Å². The predicted molar refractivity (Wildman–Crippen MR) is 126 cm³/mol. The molecule has 6 heteroatoms. The molecule has 1 unspecified atom stereocenters. The second-order valence-corrected chi connectivity index (χ2v) is 10.1. The third-order valence-electron chi connectivity index (χ3n) is 7.28. The summed E-state index contributed by atoms with van der Waals surface area (Å²) in [6.45, 7) is 0. The largest absolute Gasteiger partial charge is 0.469 e. The van der Waals surface area contributed by atoms with Crippen molar-refractivity contribution in [3.8, 4) is 6.07 Å². The van der Waals surface area contributed by atoms with Gasteiger partial charge in [-0.05, 0) is 62.3 Å². The van der Waals surface area contributed by atoms with Crippen LogP contribution in [0.5, 0.6) is 0 Å². The molecule has 2 saturated carbocycles. The first-order chi connectivity index (χ1) is 15.5. The first kappa shape index (κ1) is 24.7. The number of methoxy groups -OCH3 is 1. The monoisotopic (exact) mass is 457 g/mol. The van der Waals surface area contributed by atoms with Gasteiger partial charge in [-0.3, -0.25) is 4.79 Å². The van der Waals surface area contributed by atoms with Crippen LogP contribution in [-0.4, -0.2) is 35.5 Å². The molecule has 2 aliphatic rings. The molecule has 1 aromatic heterocycles. The number of aliphatic hydroxyl groups excluding tert-OH is 2. The summed E-state index contributed by atoms with van der Waals surface area (Å²) in [6, 6.07) is 6.55. The first-order valence-corrected chi connectivity index (χ1v) is 12.6.